The van der Waals surface area contributed by atoms with Crippen molar-refractivity contribution in [2.24, 2.45) is 5.73 Å². The molecule has 1 aromatic rings. The van der Waals surface area contributed by atoms with Gasteiger partial charge in [0.15, 0.2) is 5.76 Å². The van der Waals surface area contributed by atoms with Gasteiger partial charge in [0, 0.05) is 5.92 Å². The summed E-state index contributed by atoms with van der Waals surface area (Å²) in [6, 6.07) is 0. The number of rotatable bonds is 2. The van der Waals surface area contributed by atoms with Crippen LogP contribution >= 0.6 is 0 Å². The third-order valence-electron chi connectivity index (χ3n) is 1.39. The first-order valence-electron chi connectivity index (χ1n) is 3.37. The number of aromatic nitrogens is 1. The highest BCUT2D eigenvalue weighted by molar-refractivity contribution is 5.93. The molecule has 0 saturated carbocycles. The smallest absolute Gasteiger partial charge is 0.253 e. The van der Waals surface area contributed by atoms with Gasteiger partial charge in [-0.3, -0.25) is 4.79 Å². The average Bonchev–Trinajstić information content (AvgIpc) is 2.32. The minimum atomic E-state index is -0.491. The Morgan fingerprint density at radius 3 is 2.73 bits per heavy atom. The van der Waals surface area contributed by atoms with E-state index in [1.807, 2.05) is 13.8 Å². The summed E-state index contributed by atoms with van der Waals surface area (Å²) in [5.74, 6) is 0.201. The fourth-order valence-corrected chi connectivity index (χ4v) is 0.850. The molecule has 0 aromatic carbocycles. The molecule has 1 aromatic heterocycles. The Morgan fingerprint density at radius 1 is 1.73 bits per heavy atom. The van der Waals surface area contributed by atoms with Crippen molar-refractivity contribution < 1.29 is 9.32 Å². The second-order valence-corrected chi connectivity index (χ2v) is 2.62. The van der Waals surface area contributed by atoms with E-state index in [2.05, 4.69) is 5.16 Å². The summed E-state index contributed by atoms with van der Waals surface area (Å²) in [6.45, 7) is 3.82. The van der Waals surface area contributed by atoms with Gasteiger partial charge in [0.1, 0.15) is 5.56 Å². The molecular weight excluding hydrogens is 144 g/mol. The van der Waals surface area contributed by atoms with E-state index in [0.717, 1.165) is 0 Å². The molecule has 0 aliphatic heterocycles. The first-order valence-corrected chi connectivity index (χ1v) is 3.37. The fourth-order valence-electron chi connectivity index (χ4n) is 0.850. The Bertz CT molecular complexity index is 265. The lowest BCUT2D eigenvalue weighted by Crippen LogP contribution is -2.12. The van der Waals surface area contributed by atoms with E-state index in [0.29, 0.717) is 11.3 Å². The molecule has 60 valence electrons. The van der Waals surface area contributed by atoms with Crippen LogP contribution in [-0.2, 0) is 0 Å². The van der Waals surface area contributed by atoms with Gasteiger partial charge < -0.3 is 10.3 Å². The standard InChI is InChI=1S/C7H10N2O2/c1-4(2)6-5(7(8)10)3-9-11-6/h3-4H,1-2H3,(H2,8,10). The lowest BCUT2D eigenvalue weighted by atomic mass is 10.1. The van der Waals surface area contributed by atoms with E-state index >= 15 is 0 Å². The van der Waals surface area contributed by atoms with Gasteiger partial charge in [0.05, 0.1) is 6.20 Å². The van der Waals surface area contributed by atoms with E-state index in [4.69, 9.17) is 10.3 Å². The first-order chi connectivity index (χ1) is 5.13. The van der Waals surface area contributed by atoms with Crippen LogP contribution in [0.4, 0.5) is 0 Å². The van der Waals surface area contributed by atoms with Crippen molar-refractivity contribution in [2.75, 3.05) is 0 Å². The predicted molar refractivity (Wildman–Crippen MR) is 39.1 cm³/mol. The number of hydrogen-bond acceptors (Lipinski definition) is 3. The molecule has 2 N–H and O–H groups in total. The first kappa shape index (κ1) is 7.78. The molecule has 4 nitrogen and oxygen atoms in total. The van der Waals surface area contributed by atoms with Gasteiger partial charge in [-0.2, -0.15) is 0 Å². The molecule has 0 bridgehead atoms. The van der Waals surface area contributed by atoms with Gasteiger partial charge >= 0.3 is 0 Å². The maximum absolute atomic E-state index is 10.7. The molecule has 1 rings (SSSR count). The highest BCUT2D eigenvalue weighted by atomic mass is 16.5. The quantitative estimate of drug-likeness (QED) is 0.687. The van der Waals surface area contributed by atoms with Gasteiger partial charge in [-0.1, -0.05) is 19.0 Å². The summed E-state index contributed by atoms with van der Waals surface area (Å²) in [6.07, 6.45) is 1.34. The van der Waals surface area contributed by atoms with Crippen LogP contribution in [0.3, 0.4) is 0 Å². The predicted octanol–water partition coefficient (Wildman–Crippen LogP) is 0.897. The van der Waals surface area contributed by atoms with Crippen molar-refractivity contribution in [1.82, 2.24) is 5.16 Å². The van der Waals surface area contributed by atoms with Gasteiger partial charge in [-0.15, -0.1) is 0 Å². The summed E-state index contributed by atoms with van der Waals surface area (Å²) in [7, 11) is 0. The molecule has 0 radical (unpaired) electrons. The van der Waals surface area contributed by atoms with Crippen LogP contribution in [-0.4, -0.2) is 11.1 Å². The van der Waals surface area contributed by atoms with Crippen LogP contribution in [0.5, 0.6) is 0 Å². The number of carbonyl (C=O) groups excluding carboxylic acids is 1. The summed E-state index contributed by atoms with van der Waals surface area (Å²) < 4.78 is 4.84. The molecule has 0 fully saturated rings. The van der Waals surface area contributed by atoms with E-state index in [1.165, 1.54) is 6.20 Å². The second kappa shape index (κ2) is 2.74. The maximum Gasteiger partial charge on any atom is 0.253 e. The van der Waals surface area contributed by atoms with Crippen LogP contribution in [0, 0.1) is 0 Å². The number of hydrogen-bond donors (Lipinski definition) is 1. The monoisotopic (exact) mass is 154 g/mol. The summed E-state index contributed by atoms with van der Waals surface area (Å²) >= 11 is 0. The van der Waals surface area contributed by atoms with E-state index in [1.54, 1.807) is 0 Å². The van der Waals surface area contributed by atoms with Crippen molar-refractivity contribution in [2.45, 2.75) is 19.8 Å². The Balaban J connectivity index is 3.06. The summed E-state index contributed by atoms with van der Waals surface area (Å²) in [4.78, 5) is 10.7. The molecule has 0 spiro atoms. The van der Waals surface area contributed by atoms with Gasteiger partial charge in [-0.05, 0) is 0 Å². The Kier molecular flexibility index (Phi) is 1.94. The van der Waals surface area contributed by atoms with E-state index in [9.17, 15) is 4.79 Å². The molecule has 0 aliphatic carbocycles. The van der Waals surface area contributed by atoms with Crippen LogP contribution in [0.15, 0.2) is 10.7 Å². The van der Waals surface area contributed by atoms with Crippen molar-refractivity contribution in [3.8, 4) is 0 Å². The SMILES string of the molecule is CC(C)c1oncc1C(N)=O. The molecule has 4 heteroatoms. The molecule has 0 saturated heterocycles. The lowest BCUT2D eigenvalue weighted by Gasteiger charge is -1.98. The minimum Gasteiger partial charge on any atom is -0.365 e. The third kappa shape index (κ3) is 1.39. The number of amides is 1. The zero-order valence-corrected chi connectivity index (χ0v) is 6.50. The summed E-state index contributed by atoms with van der Waals surface area (Å²) in [5, 5.41) is 3.49. The van der Waals surface area contributed by atoms with Crippen molar-refractivity contribution in [3.05, 3.63) is 17.5 Å². The lowest BCUT2D eigenvalue weighted by molar-refractivity contribution is 0.0998. The van der Waals surface area contributed by atoms with Crippen molar-refractivity contribution in [3.63, 3.8) is 0 Å². The Hall–Kier alpha value is -1.32. The minimum absolute atomic E-state index is 0.139. The van der Waals surface area contributed by atoms with Crippen molar-refractivity contribution in [1.29, 1.82) is 0 Å². The zero-order chi connectivity index (χ0) is 8.43. The van der Waals surface area contributed by atoms with Gasteiger partial charge in [-0.25, -0.2) is 0 Å². The van der Waals surface area contributed by atoms with Crippen LogP contribution in [0.2, 0.25) is 0 Å². The van der Waals surface area contributed by atoms with Gasteiger partial charge in [0.25, 0.3) is 5.91 Å². The fraction of sp³-hybridized carbons (Fsp3) is 0.429. The second-order valence-electron chi connectivity index (χ2n) is 2.62. The Labute approximate surface area is 64.4 Å². The van der Waals surface area contributed by atoms with Crippen LogP contribution < -0.4 is 5.73 Å². The molecule has 1 heterocycles. The normalized spacial score (nSPS) is 10.5. The van der Waals surface area contributed by atoms with E-state index in [-0.39, 0.29) is 5.92 Å². The number of nitrogens with zero attached hydrogens (tertiary/aromatic N) is 1. The molecule has 11 heavy (non-hydrogen) atoms. The molecular formula is C7H10N2O2. The Morgan fingerprint density at radius 2 is 2.36 bits per heavy atom. The molecule has 0 unspecified atom stereocenters. The number of nitrogens with two attached hydrogens (primary N) is 1. The number of primary amides is 1. The topological polar surface area (TPSA) is 69.1 Å². The number of carbonyl (C=O) groups is 1. The van der Waals surface area contributed by atoms with E-state index < -0.39 is 5.91 Å². The molecule has 0 aliphatic rings. The largest absolute Gasteiger partial charge is 0.365 e. The van der Waals surface area contributed by atoms with Crippen LogP contribution in [0.1, 0.15) is 35.9 Å². The highest BCUT2D eigenvalue weighted by Gasteiger charge is 2.15. The molecule has 0 atom stereocenters. The highest BCUT2D eigenvalue weighted by Crippen LogP contribution is 2.17. The van der Waals surface area contributed by atoms with Gasteiger partial charge in [0.2, 0.25) is 0 Å². The maximum atomic E-state index is 10.7. The van der Waals surface area contributed by atoms with Crippen molar-refractivity contribution >= 4 is 5.91 Å². The third-order valence-corrected chi connectivity index (χ3v) is 1.39. The molecule has 1 amide bonds. The summed E-state index contributed by atoms with van der Waals surface area (Å²) in [5.41, 5.74) is 5.43. The van der Waals surface area contributed by atoms with Crippen LogP contribution in [0.25, 0.3) is 0 Å². The zero-order valence-electron chi connectivity index (χ0n) is 6.50. The average molecular weight is 154 g/mol.